The first kappa shape index (κ1) is 12.7. The first-order valence-corrected chi connectivity index (χ1v) is 5.81. The quantitative estimate of drug-likeness (QED) is 0.617. The largest absolute Gasteiger partial charge is 0.335 e. The summed E-state index contributed by atoms with van der Waals surface area (Å²) in [6.07, 6.45) is 6.89. The molecule has 3 N–H and O–H groups in total. The number of hydrazine groups is 1. The average molecular weight is 249 g/mol. The highest BCUT2D eigenvalue weighted by Crippen LogP contribution is 2.19. The standard InChI is InChI=1S/C12H16FN5/c1-2-18-6-5-16-12(18)7-11(17-14)9-3-4-15-8-10(9)13/h3-6,8,11,17H,2,7,14H2,1H3. The Hall–Kier alpha value is -1.79. The average Bonchev–Trinajstić information content (AvgIpc) is 2.84. The molecule has 0 aliphatic rings. The van der Waals surface area contributed by atoms with E-state index in [2.05, 4.69) is 15.4 Å². The first-order valence-electron chi connectivity index (χ1n) is 5.81. The third kappa shape index (κ3) is 2.55. The molecule has 1 unspecified atom stereocenters. The van der Waals surface area contributed by atoms with E-state index in [4.69, 9.17) is 5.84 Å². The molecule has 0 amide bonds. The van der Waals surface area contributed by atoms with Crippen LogP contribution in [0.15, 0.2) is 30.9 Å². The number of rotatable bonds is 5. The number of nitrogens with zero attached hydrogens (tertiary/aromatic N) is 3. The fourth-order valence-electron chi connectivity index (χ4n) is 1.93. The van der Waals surface area contributed by atoms with Crippen LogP contribution < -0.4 is 11.3 Å². The van der Waals surface area contributed by atoms with Gasteiger partial charge >= 0.3 is 0 Å². The minimum Gasteiger partial charge on any atom is -0.335 e. The highest BCUT2D eigenvalue weighted by atomic mass is 19.1. The molecule has 2 heterocycles. The smallest absolute Gasteiger partial charge is 0.146 e. The lowest BCUT2D eigenvalue weighted by Crippen LogP contribution is -2.31. The SMILES string of the molecule is CCn1ccnc1CC(NN)c1ccncc1F. The summed E-state index contributed by atoms with van der Waals surface area (Å²) in [5.74, 6) is 6.01. The molecule has 5 nitrogen and oxygen atoms in total. The third-order valence-corrected chi connectivity index (χ3v) is 2.91. The molecule has 2 aromatic rings. The lowest BCUT2D eigenvalue weighted by Gasteiger charge is -2.17. The lowest BCUT2D eigenvalue weighted by atomic mass is 10.1. The second kappa shape index (κ2) is 5.70. The van der Waals surface area contributed by atoms with Gasteiger partial charge in [0.05, 0.1) is 12.2 Å². The van der Waals surface area contributed by atoms with Crippen LogP contribution >= 0.6 is 0 Å². The van der Waals surface area contributed by atoms with Gasteiger partial charge in [-0.05, 0) is 13.0 Å². The monoisotopic (exact) mass is 249 g/mol. The maximum absolute atomic E-state index is 13.7. The molecule has 18 heavy (non-hydrogen) atoms. The zero-order chi connectivity index (χ0) is 13.0. The van der Waals surface area contributed by atoms with Crippen LogP contribution in [0.2, 0.25) is 0 Å². The number of pyridine rings is 1. The van der Waals surface area contributed by atoms with Crippen molar-refractivity contribution in [3.8, 4) is 0 Å². The summed E-state index contributed by atoms with van der Waals surface area (Å²) in [6, 6.07) is 1.31. The fourth-order valence-corrected chi connectivity index (χ4v) is 1.93. The number of hydrogen-bond acceptors (Lipinski definition) is 4. The second-order valence-electron chi connectivity index (χ2n) is 3.95. The minimum atomic E-state index is -0.366. The molecule has 1 atom stereocenters. The summed E-state index contributed by atoms with van der Waals surface area (Å²) in [6.45, 7) is 2.86. The molecule has 0 bridgehead atoms. The van der Waals surface area contributed by atoms with Gasteiger partial charge in [-0.25, -0.2) is 9.37 Å². The minimum absolute atomic E-state index is 0.319. The van der Waals surface area contributed by atoms with Crippen LogP contribution in [0.5, 0.6) is 0 Å². The summed E-state index contributed by atoms with van der Waals surface area (Å²) >= 11 is 0. The van der Waals surface area contributed by atoms with E-state index in [0.29, 0.717) is 12.0 Å². The summed E-state index contributed by atoms with van der Waals surface area (Å²) in [5.41, 5.74) is 3.13. The van der Waals surface area contributed by atoms with Crippen LogP contribution in [-0.2, 0) is 13.0 Å². The van der Waals surface area contributed by atoms with Gasteiger partial charge in [-0.2, -0.15) is 0 Å². The number of aromatic nitrogens is 3. The van der Waals surface area contributed by atoms with Gasteiger partial charge in [0, 0.05) is 37.1 Å². The molecular weight excluding hydrogens is 233 g/mol. The summed E-state index contributed by atoms with van der Waals surface area (Å²) in [5, 5.41) is 0. The predicted molar refractivity (Wildman–Crippen MR) is 65.9 cm³/mol. The Kier molecular flexibility index (Phi) is 4.01. The van der Waals surface area contributed by atoms with E-state index in [0.717, 1.165) is 12.4 Å². The Morgan fingerprint density at radius 2 is 2.33 bits per heavy atom. The molecule has 0 saturated carbocycles. The molecule has 0 aliphatic heterocycles. The molecule has 0 spiro atoms. The van der Waals surface area contributed by atoms with E-state index in [1.807, 2.05) is 17.7 Å². The maximum atomic E-state index is 13.7. The van der Waals surface area contributed by atoms with Crippen molar-refractivity contribution >= 4 is 0 Å². The van der Waals surface area contributed by atoms with Gasteiger partial charge in [0.2, 0.25) is 0 Å². The molecule has 0 aliphatic carbocycles. The molecule has 0 fully saturated rings. The van der Waals surface area contributed by atoms with Gasteiger partial charge < -0.3 is 4.57 Å². The Morgan fingerprint density at radius 3 is 3.00 bits per heavy atom. The van der Waals surface area contributed by atoms with Gasteiger partial charge in [0.1, 0.15) is 11.6 Å². The number of nitrogens with one attached hydrogen (secondary N) is 1. The Labute approximate surface area is 105 Å². The van der Waals surface area contributed by atoms with E-state index in [1.165, 1.54) is 6.20 Å². The van der Waals surface area contributed by atoms with E-state index >= 15 is 0 Å². The van der Waals surface area contributed by atoms with Gasteiger partial charge in [0.25, 0.3) is 0 Å². The van der Waals surface area contributed by atoms with Crippen molar-refractivity contribution in [2.24, 2.45) is 5.84 Å². The zero-order valence-electron chi connectivity index (χ0n) is 10.2. The highest BCUT2D eigenvalue weighted by Gasteiger charge is 2.17. The Morgan fingerprint density at radius 1 is 1.50 bits per heavy atom. The Bertz CT molecular complexity index is 511. The number of halogens is 1. The highest BCUT2D eigenvalue weighted by molar-refractivity contribution is 5.18. The van der Waals surface area contributed by atoms with Crippen molar-refractivity contribution in [3.63, 3.8) is 0 Å². The van der Waals surface area contributed by atoms with Crippen molar-refractivity contribution in [1.82, 2.24) is 20.0 Å². The zero-order valence-corrected chi connectivity index (χ0v) is 10.2. The Balaban J connectivity index is 2.23. The summed E-state index contributed by atoms with van der Waals surface area (Å²) < 4.78 is 15.7. The van der Waals surface area contributed by atoms with E-state index in [-0.39, 0.29) is 11.9 Å². The van der Waals surface area contributed by atoms with Crippen molar-refractivity contribution in [2.75, 3.05) is 0 Å². The van der Waals surface area contributed by atoms with Crippen LogP contribution in [0, 0.1) is 5.82 Å². The van der Waals surface area contributed by atoms with Crippen LogP contribution in [0.25, 0.3) is 0 Å². The van der Waals surface area contributed by atoms with Crippen LogP contribution in [-0.4, -0.2) is 14.5 Å². The van der Waals surface area contributed by atoms with Gasteiger partial charge in [-0.3, -0.25) is 16.3 Å². The third-order valence-electron chi connectivity index (χ3n) is 2.91. The van der Waals surface area contributed by atoms with Gasteiger partial charge in [0.15, 0.2) is 0 Å². The number of nitrogens with two attached hydrogens (primary N) is 1. The second-order valence-corrected chi connectivity index (χ2v) is 3.95. The molecule has 6 heteroatoms. The normalized spacial score (nSPS) is 12.6. The van der Waals surface area contributed by atoms with E-state index in [1.54, 1.807) is 18.5 Å². The van der Waals surface area contributed by atoms with E-state index in [9.17, 15) is 4.39 Å². The number of hydrogen-bond donors (Lipinski definition) is 2. The van der Waals surface area contributed by atoms with Crippen molar-refractivity contribution in [2.45, 2.75) is 25.9 Å². The van der Waals surface area contributed by atoms with Crippen LogP contribution in [0.1, 0.15) is 24.4 Å². The molecule has 96 valence electrons. The molecule has 0 radical (unpaired) electrons. The maximum Gasteiger partial charge on any atom is 0.146 e. The molecule has 2 rings (SSSR count). The summed E-state index contributed by atoms with van der Waals surface area (Å²) in [4.78, 5) is 7.99. The molecular formula is C12H16FN5. The molecule has 2 aromatic heterocycles. The van der Waals surface area contributed by atoms with E-state index < -0.39 is 0 Å². The molecule has 0 saturated heterocycles. The predicted octanol–water partition coefficient (Wildman–Crippen LogP) is 1.18. The van der Waals surface area contributed by atoms with Crippen molar-refractivity contribution in [1.29, 1.82) is 0 Å². The topological polar surface area (TPSA) is 68.8 Å². The molecule has 0 aromatic carbocycles. The van der Waals surface area contributed by atoms with Gasteiger partial charge in [-0.1, -0.05) is 0 Å². The lowest BCUT2D eigenvalue weighted by molar-refractivity contribution is 0.490. The van der Waals surface area contributed by atoms with Crippen molar-refractivity contribution < 1.29 is 4.39 Å². The number of aryl methyl sites for hydroxylation is 1. The fraction of sp³-hybridized carbons (Fsp3) is 0.333. The van der Waals surface area contributed by atoms with Crippen LogP contribution in [0.3, 0.4) is 0 Å². The van der Waals surface area contributed by atoms with Gasteiger partial charge in [-0.15, -0.1) is 0 Å². The summed E-state index contributed by atoms with van der Waals surface area (Å²) in [7, 11) is 0. The van der Waals surface area contributed by atoms with Crippen molar-refractivity contribution in [3.05, 3.63) is 48.1 Å². The van der Waals surface area contributed by atoms with Crippen LogP contribution in [0.4, 0.5) is 4.39 Å². The first-order chi connectivity index (χ1) is 8.76. The number of imidazole rings is 1.